The molecule has 0 aliphatic rings. The molecule has 0 saturated heterocycles. The maximum absolute atomic E-state index is 12.9. The van der Waals surface area contributed by atoms with Gasteiger partial charge in [-0.3, -0.25) is 0 Å². The summed E-state index contributed by atoms with van der Waals surface area (Å²) < 4.78 is 17.7. The number of methoxy groups -OCH3 is 1. The third-order valence-electron chi connectivity index (χ3n) is 1.53. The average molecular weight is 166 g/mol. The highest BCUT2D eigenvalue weighted by Gasteiger charge is 2.00. The molecule has 0 unspecified atom stereocenters. The van der Waals surface area contributed by atoms with Gasteiger partial charge in [0.2, 0.25) is 0 Å². The Morgan fingerprint density at radius 2 is 2.17 bits per heavy atom. The van der Waals surface area contributed by atoms with Crippen molar-refractivity contribution in [2.45, 2.75) is 6.92 Å². The Kier molecular flexibility index (Phi) is 2.86. The molecule has 0 bridgehead atoms. The van der Waals surface area contributed by atoms with Gasteiger partial charge in [0, 0.05) is 0 Å². The summed E-state index contributed by atoms with van der Waals surface area (Å²) in [6.07, 6.45) is 3.79. The maximum atomic E-state index is 12.9. The van der Waals surface area contributed by atoms with Crippen molar-refractivity contribution in [1.29, 1.82) is 0 Å². The van der Waals surface area contributed by atoms with E-state index in [4.69, 9.17) is 4.74 Å². The van der Waals surface area contributed by atoms with E-state index in [1.54, 1.807) is 12.1 Å². The summed E-state index contributed by atoms with van der Waals surface area (Å²) in [4.78, 5) is 0. The first kappa shape index (κ1) is 8.78. The molecule has 0 aromatic heterocycles. The minimum absolute atomic E-state index is 0.283. The van der Waals surface area contributed by atoms with Crippen LogP contribution < -0.4 is 4.74 Å². The van der Waals surface area contributed by atoms with Crippen molar-refractivity contribution in [2.75, 3.05) is 7.11 Å². The van der Waals surface area contributed by atoms with Gasteiger partial charge in [0.15, 0.2) is 11.6 Å². The topological polar surface area (TPSA) is 9.23 Å². The molecule has 2 heteroatoms. The molecule has 64 valence electrons. The second-order valence-electron chi connectivity index (χ2n) is 2.39. The predicted octanol–water partition coefficient (Wildman–Crippen LogP) is 2.87. The molecule has 12 heavy (non-hydrogen) atoms. The Labute approximate surface area is 71.5 Å². The average Bonchev–Trinajstić information content (AvgIpc) is 2.09. The van der Waals surface area contributed by atoms with Crippen molar-refractivity contribution >= 4 is 6.08 Å². The first-order valence-electron chi connectivity index (χ1n) is 3.74. The quantitative estimate of drug-likeness (QED) is 0.656. The summed E-state index contributed by atoms with van der Waals surface area (Å²) in [5.74, 6) is -0.0450. The van der Waals surface area contributed by atoms with Gasteiger partial charge in [-0.05, 0) is 24.6 Å². The molecule has 0 aliphatic heterocycles. The van der Waals surface area contributed by atoms with E-state index in [2.05, 4.69) is 0 Å². The van der Waals surface area contributed by atoms with E-state index in [0.717, 1.165) is 5.56 Å². The van der Waals surface area contributed by atoms with Crippen molar-refractivity contribution in [3.05, 3.63) is 35.7 Å². The van der Waals surface area contributed by atoms with Gasteiger partial charge in [0.05, 0.1) is 7.11 Å². The number of ether oxygens (including phenoxy) is 1. The van der Waals surface area contributed by atoms with Gasteiger partial charge >= 0.3 is 0 Å². The van der Waals surface area contributed by atoms with E-state index in [1.165, 1.54) is 13.2 Å². The lowest BCUT2D eigenvalue weighted by Gasteiger charge is -2.01. The van der Waals surface area contributed by atoms with Crippen LogP contribution in [0.3, 0.4) is 0 Å². The largest absolute Gasteiger partial charge is 0.494 e. The first-order chi connectivity index (χ1) is 5.77. The SMILES string of the molecule is C/C=C/c1ccc(F)c(OC)c1. The maximum Gasteiger partial charge on any atom is 0.165 e. The fourth-order valence-electron chi connectivity index (χ4n) is 0.972. The Bertz CT molecular complexity index is 292. The lowest BCUT2D eigenvalue weighted by Crippen LogP contribution is -1.87. The van der Waals surface area contributed by atoms with Crippen LogP contribution in [0.25, 0.3) is 6.08 Å². The van der Waals surface area contributed by atoms with E-state index < -0.39 is 0 Å². The van der Waals surface area contributed by atoms with E-state index in [0.29, 0.717) is 0 Å². The van der Waals surface area contributed by atoms with Gasteiger partial charge in [-0.2, -0.15) is 0 Å². The molecule has 0 N–H and O–H groups in total. The molecule has 0 aliphatic carbocycles. The van der Waals surface area contributed by atoms with Crippen LogP contribution in [-0.2, 0) is 0 Å². The van der Waals surface area contributed by atoms with E-state index >= 15 is 0 Å². The number of hydrogen-bond donors (Lipinski definition) is 0. The molecule has 0 atom stereocenters. The smallest absolute Gasteiger partial charge is 0.165 e. The van der Waals surface area contributed by atoms with Gasteiger partial charge in [0.1, 0.15) is 0 Å². The normalized spacial score (nSPS) is 10.6. The van der Waals surface area contributed by atoms with Gasteiger partial charge in [0.25, 0.3) is 0 Å². The lowest BCUT2D eigenvalue weighted by atomic mass is 10.2. The Balaban J connectivity index is 3.05. The molecule has 0 amide bonds. The Hall–Kier alpha value is -1.31. The minimum atomic E-state index is -0.328. The second-order valence-corrected chi connectivity index (χ2v) is 2.39. The van der Waals surface area contributed by atoms with Crippen molar-refractivity contribution in [3.63, 3.8) is 0 Å². The summed E-state index contributed by atoms with van der Waals surface area (Å²) >= 11 is 0. The van der Waals surface area contributed by atoms with Crippen LogP contribution in [0.15, 0.2) is 24.3 Å². The second kappa shape index (κ2) is 3.90. The molecule has 1 rings (SSSR count). The van der Waals surface area contributed by atoms with Gasteiger partial charge in [-0.15, -0.1) is 0 Å². The zero-order chi connectivity index (χ0) is 8.97. The molecule has 0 fully saturated rings. The fourth-order valence-corrected chi connectivity index (χ4v) is 0.972. The van der Waals surface area contributed by atoms with Crippen LogP contribution in [0.1, 0.15) is 12.5 Å². The standard InChI is InChI=1S/C10H11FO/c1-3-4-8-5-6-9(11)10(7-8)12-2/h3-7H,1-2H3/b4-3+. The van der Waals surface area contributed by atoms with Crippen molar-refractivity contribution < 1.29 is 9.13 Å². The highest BCUT2D eigenvalue weighted by atomic mass is 19.1. The number of benzene rings is 1. The van der Waals surface area contributed by atoms with Crippen molar-refractivity contribution in [3.8, 4) is 5.75 Å². The van der Waals surface area contributed by atoms with Gasteiger partial charge < -0.3 is 4.74 Å². The monoisotopic (exact) mass is 166 g/mol. The Morgan fingerprint density at radius 1 is 1.42 bits per heavy atom. The summed E-state index contributed by atoms with van der Waals surface area (Å²) in [7, 11) is 1.46. The third kappa shape index (κ3) is 1.84. The summed E-state index contributed by atoms with van der Waals surface area (Å²) in [5.41, 5.74) is 0.941. The molecular weight excluding hydrogens is 155 g/mol. The molecule has 0 radical (unpaired) electrons. The number of rotatable bonds is 2. The zero-order valence-electron chi connectivity index (χ0n) is 7.17. The lowest BCUT2D eigenvalue weighted by molar-refractivity contribution is 0.386. The predicted molar refractivity (Wildman–Crippen MR) is 47.7 cm³/mol. The molecule has 0 spiro atoms. The summed E-state index contributed by atoms with van der Waals surface area (Å²) in [6.45, 7) is 1.91. The molecule has 1 aromatic rings. The van der Waals surface area contributed by atoms with Crippen molar-refractivity contribution in [1.82, 2.24) is 0 Å². The van der Waals surface area contributed by atoms with Gasteiger partial charge in [-0.25, -0.2) is 4.39 Å². The number of halogens is 1. The number of allylic oxidation sites excluding steroid dienone is 1. The molecular formula is C10H11FO. The van der Waals surface area contributed by atoms with Crippen LogP contribution >= 0.6 is 0 Å². The molecule has 1 nitrogen and oxygen atoms in total. The van der Waals surface area contributed by atoms with E-state index in [1.807, 2.05) is 19.1 Å². The van der Waals surface area contributed by atoms with E-state index in [9.17, 15) is 4.39 Å². The molecule has 0 heterocycles. The number of hydrogen-bond acceptors (Lipinski definition) is 1. The zero-order valence-corrected chi connectivity index (χ0v) is 7.17. The van der Waals surface area contributed by atoms with Crippen LogP contribution in [0, 0.1) is 5.82 Å². The highest BCUT2D eigenvalue weighted by Crippen LogP contribution is 2.18. The van der Waals surface area contributed by atoms with Crippen LogP contribution in [0.5, 0.6) is 5.75 Å². The fraction of sp³-hybridized carbons (Fsp3) is 0.200. The Morgan fingerprint density at radius 3 is 2.75 bits per heavy atom. The van der Waals surface area contributed by atoms with E-state index in [-0.39, 0.29) is 11.6 Å². The third-order valence-corrected chi connectivity index (χ3v) is 1.53. The summed E-state index contributed by atoms with van der Waals surface area (Å²) in [6, 6.07) is 4.77. The highest BCUT2D eigenvalue weighted by molar-refractivity contribution is 5.51. The first-order valence-corrected chi connectivity index (χ1v) is 3.74. The minimum Gasteiger partial charge on any atom is -0.494 e. The summed E-state index contributed by atoms with van der Waals surface area (Å²) in [5, 5.41) is 0. The van der Waals surface area contributed by atoms with Crippen LogP contribution in [0.2, 0.25) is 0 Å². The van der Waals surface area contributed by atoms with Crippen molar-refractivity contribution in [2.24, 2.45) is 0 Å². The van der Waals surface area contributed by atoms with Gasteiger partial charge in [-0.1, -0.05) is 18.2 Å². The van der Waals surface area contributed by atoms with Crippen LogP contribution in [-0.4, -0.2) is 7.11 Å². The molecule has 1 aromatic carbocycles. The molecule has 0 saturated carbocycles. The van der Waals surface area contributed by atoms with Crippen LogP contribution in [0.4, 0.5) is 4.39 Å².